The Morgan fingerprint density at radius 3 is 2.48 bits per heavy atom. The fourth-order valence-corrected chi connectivity index (χ4v) is 3.80. The van der Waals surface area contributed by atoms with Crippen molar-refractivity contribution in [1.29, 1.82) is 0 Å². The second-order valence-electron chi connectivity index (χ2n) is 5.18. The Hall–Kier alpha value is -0.460. The van der Waals surface area contributed by atoms with E-state index in [9.17, 15) is 4.39 Å². The first-order chi connectivity index (χ1) is 10.0. The van der Waals surface area contributed by atoms with Gasteiger partial charge in [-0.1, -0.05) is 36.0 Å². The predicted molar refractivity (Wildman–Crippen MR) is 91.4 cm³/mol. The summed E-state index contributed by atoms with van der Waals surface area (Å²) < 4.78 is 14.4. The van der Waals surface area contributed by atoms with E-state index in [1.165, 1.54) is 25.0 Å². The lowest BCUT2D eigenvalue weighted by Gasteiger charge is -2.13. The van der Waals surface area contributed by atoms with Gasteiger partial charge in [-0.2, -0.15) is 0 Å². The second kappa shape index (κ2) is 6.34. The molecule has 3 rings (SSSR count). The van der Waals surface area contributed by atoms with Crippen LogP contribution in [0, 0.1) is 9.39 Å². The zero-order valence-corrected chi connectivity index (χ0v) is 14.7. The van der Waals surface area contributed by atoms with Crippen LogP contribution in [0.5, 0.6) is 0 Å². The number of rotatable bonds is 2. The molecule has 110 valence electrons. The van der Waals surface area contributed by atoms with Gasteiger partial charge in [0.25, 0.3) is 0 Å². The molecule has 1 fully saturated rings. The van der Waals surface area contributed by atoms with Crippen LogP contribution in [0.4, 0.5) is 4.39 Å². The first-order valence-electron chi connectivity index (χ1n) is 6.74. The van der Waals surface area contributed by atoms with Crippen molar-refractivity contribution >= 4 is 45.8 Å². The van der Waals surface area contributed by atoms with Gasteiger partial charge in [0.15, 0.2) is 5.82 Å². The van der Waals surface area contributed by atoms with Gasteiger partial charge in [-0.25, -0.2) is 14.4 Å². The lowest BCUT2D eigenvalue weighted by Crippen LogP contribution is -2.04. The van der Waals surface area contributed by atoms with Crippen molar-refractivity contribution in [3.63, 3.8) is 0 Å². The molecule has 1 aliphatic rings. The van der Waals surface area contributed by atoms with Crippen LogP contribution in [-0.2, 0) is 0 Å². The van der Waals surface area contributed by atoms with E-state index < -0.39 is 5.82 Å². The van der Waals surface area contributed by atoms with Gasteiger partial charge in [0.05, 0.1) is 9.26 Å². The van der Waals surface area contributed by atoms with Crippen LogP contribution in [-0.4, -0.2) is 9.97 Å². The van der Waals surface area contributed by atoms with E-state index in [1.54, 1.807) is 6.07 Å². The predicted octanol–water partition coefficient (Wildman–Crippen LogP) is 5.85. The highest BCUT2D eigenvalue weighted by molar-refractivity contribution is 14.1. The average molecular weight is 437 g/mol. The van der Waals surface area contributed by atoms with Crippen LogP contribution < -0.4 is 0 Å². The Bertz CT molecular complexity index is 667. The van der Waals surface area contributed by atoms with Crippen molar-refractivity contribution in [2.75, 3.05) is 0 Å². The van der Waals surface area contributed by atoms with Gasteiger partial charge in [0.2, 0.25) is 0 Å². The SMILES string of the molecule is Fc1cc(Cl)cc(-c2nc(Cl)c(I)c(C3CCCC3)n2)c1. The summed E-state index contributed by atoms with van der Waals surface area (Å²) in [4.78, 5) is 8.92. The monoisotopic (exact) mass is 436 g/mol. The maximum absolute atomic E-state index is 13.5. The summed E-state index contributed by atoms with van der Waals surface area (Å²) in [7, 11) is 0. The quantitative estimate of drug-likeness (QED) is 0.435. The van der Waals surface area contributed by atoms with Crippen molar-refractivity contribution in [2.45, 2.75) is 31.6 Å². The van der Waals surface area contributed by atoms with E-state index in [1.807, 2.05) is 0 Å². The maximum atomic E-state index is 13.5. The van der Waals surface area contributed by atoms with E-state index in [2.05, 4.69) is 32.6 Å². The van der Waals surface area contributed by atoms with Crippen molar-refractivity contribution in [2.24, 2.45) is 0 Å². The molecule has 0 spiro atoms. The molecule has 0 saturated heterocycles. The molecule has 1 aromatic heterocycles. The Kier molecular flexibility index (Phi) is 4.66. The van der Waals surface area contributed by atoms with E-state index in [-0.39, 0.29) is 0 Å². The van der Waals surface area contributed by atoms with E-state index in [0.717, 1.165) is 22.1 Å². The van der Waals surface area contributed by atoms with Crippen molar-refractivity contribution in [3.8, 4) is 11.4 Å². The molecule has 0 atom stereocenters. The molecule has 0 aliphatic heterocycles. The largest absolute Gasteiger partial charge is 0.232 e. The van der Waals surface area contributed by atoms with E-state index in [0.29, 0.717) is 27.5 Å². The van der Waals surface area contributed by atoms with Gasteiger partial charge in [-0.3, -0.25) is 0 Å². The molecule has 6 heteroatoms. The molecule has 2 aromatic rings. The summed E-state index contributed by atoms with van der Waals surface area (Å²) in [5.41, 5.74) is 1.53. The van der Waals surface area contributed by atoms with Gasteiger partial charge in [0.1, 0.15) is 11.0 Å². The minimum Gasteiger partial charge on any atom is -0.232 e. The number of hydrogen-bond acceptors (Lipinski definition) is 2. The number of hydrogen-bond donors (Lipinski definition) is 0. The van der Waals surface area contributed by atoms with E-state index >= 15 is 0 Å². The summed E-state index contributed by atoms with van der Waals surface area (Å²) >= 11 is 14.3. The zero-order valence-electron chi connectivity index (χ0n) is 11.0. The molecular weight excluding hydrogens is 425 g/mol. The number of halogens is 4. The molecular formula is C15H12Cl2FIN2. The Morgan fingerprint density at radius 1 is 1.10 bits per heavy atom. The normalized spacial score (nSPS) is 15.6. The van der Waals surface area contributed by atoms with Gasteiger partial charge in [-0.05, 0) is 53.6 Å². The molecule has 0 unspecified atom stereocenters. The standard InChI is InChI=1S/C15H12Cl2FIN2/c16-10-5-9(6-11(18)7-10)15-20-13(8-3-1-2-4-8)12(19)14(17)21-15/h5-8H,1-4H2. The van der Waals surface area contributed by atoms with Crippen LogP contribution in [0.2, 0.25) is 10.2 Å². The molecule has 0 radical (unpaired) electrons. The fourth-order valence-electron chi connectivity index (χ4n) is 2.72. The highest BCUT2D eigenvalue weighted by atomic mass is 127. The van der Waals surface area contributed by atoms with Crippen LogP contribution in [0.25, 0.3) is 11.4 Å². The summed E-state index contributed by atoms with van der Waals surface area (Å²) in [6.07, 6.45) is 4.66. The summed E-state index contributed by atoms with van der Waals surface area (Å²) in [6.45, 7) is 0. The average Bonchev–Trinajstić information content (AvgIpc) is 2.94. The van der Waals surface area contributed by atoms with Crippen molar-refractivity contribution in [3.05, 3.63) is 43.5 Å². The van der Waals surface area contributed by atoms with Crippen LogP contribution in [0.3, 0.4) is 0 Å². The summed E-state index contributed by atoms with van der Waals surface area (Å²) in [5, 5.41) is 0.744. The Morgan fingerprint density at radius 2 is 1.81 bits per heavy atom. The molecule has 1 aromatic carbocycles. The molecule has 0 bridgehead atoms. The second-order valence-corrected chi connectivity index (χ2v) is 7.05. The molecule has 1 saturated carbocycles. The third kappa shape index (κ3) is 3.32. The number of aromatic nitrogens is 2. The smallest absolute Gasteiger partial charge is 0.161 e. The lowest BCUT2D eigenvalue weighted by molar-refractivity contribution is 0.628. The molecule has 1 heterocycles. The van der Waals surface area contributed by atoms with Gasteiger partial charge in [-0.15, -0.1) is 0 Å². The minimum atomic E-state index is -0.404. The van der Waals surface area contributed by atoms with Crippen LogP contribution in [0.15, 0.2) is 18.2 Å². The highest BCUT2D eigenvalue weighted by Gasteiger charge is 2.23. The van der Waals surface area contributed by atoms with Crippen molar-refractivity contribution in [1.82, 2.24) is 9.97 Å². The van der Waals surface area contributed by atoms with Crippen molar-refractivity contribution < 1.29 is 4.39 Å². The third-order valence-electron chi connectivity index (χ3n) is 3.70. The first-order valence-corrected chi connectivity index (χ1v) is 8.57. The Labute approximate surface area is 146 Å². The zero-order chi connectivity index (χ0) is 15.0. The lowest BCUT2D eigenvalue weighted by atomic mass is 10.0. The van der Waals surface area contributed by atoms with Gasteiger partial charge in [0, 0.05) is 16.5 Å². The third-order valence-corrected chi connectivity index (χ3v) is 5.57. The summed E-state index contributed by atoms with van der Waals surface area (Å²) in [5.74, 6) is 0.446. The minimum absolute atomic E-state index is 0.325. The Balaban J connectivity index is 2.10. The fraction of sp³-hybridized carbons (Fsp3) is 0.333. The van der Waals surface area contributed by atoms with Crippen LogP contribution >= 0.6 is 45.8 Å². The topological polar surface area (TPSA) is 25.8 Å². The molecule has 21 heavy (non-hydrogen) atoms. The maximum Gasteiger partial charge on any atom is 0.161 e. The number of nitrogens with zero attached hydrogens (tertiary/aromatic N) is 2. The molecule has 1 aliphatic carbocycles. The van der Waals surface area contributed by atoms with Gasteiger partial charge < -0.3 is 0 Å². The molecule has 0 amide bonds. The number of benzene rings is 1. The first kappa shape index (κ1) is 15.4. The van der Waals surface area contributed by atoms with Gasteiger partial charge >= 0.3 is 0 Å². The molecule has 2 nitrogen and oxygen atoms in total. The van der Waals surface area contributed by atoms with E-state index in [4.69, 9.17) is 23.2 Å². The van der Waals surface area contributed by atoms with Crippen LogP contribution in [0.1, 0.15) is 37.3 Å². The summed E-state index contributed by atoms with van der Waals surface area (Å²) in [6, 6.07) is 4.29. The highest BCUT2D eigenvalue weighted by Crippen LogP contribution is 2.38. The molecule has 0 N–H and O–H groups in total.